The average Bonchev–Trinajstić information content (AvgIpc) is 2.56. The van der Waals surface area contributed by atoms with Crippen LogP contribution >= 0.6 is 0 Å². The molecule has 3 aromatic rings. The van der Waals surface area contributed by atoms with E-state index in [-0.39, 0.29) is 0 Å². The topological polar surface area (TPSA) is 12.9 Å². The largest absolute Gasteiger partial charge is 0.256 e. The predicted octanol–water partition coefficient (Wildman–Crippen LogP) is 5.92. The van der Waals surface area contributed by atoms with E-state index in [1.54, 1.807) is 0 Å². The van der Waals surface area contributed by atoms with Crippen molar-refractivity contribution in [2.75, 3.05) is 0 Å². The van der Waals surface area contributed by atoms with E-state index in [2.05, 4.69) is 86.4 Å². The molecule has 2 aromatic carbocycles. The molecule has 1 heterocycles. The molecule has 0 aliphatic carbocycles. The third-order valence-corrected chi connectivity index (χ3v) is 4.03. The van der Waals surface area contributed by atoms with Crippen LogP contribution in [0.2, 0.25) is 0 Å². The van der Waals surface area contributed by atoms with Crippen molar-refractivity contribution >= 4 is 0 Å². The third kappa shape index (κ3) is 3.68. The smallest absolute Gasteiger partial charge is 0.0702 e. The molecule has 3 rings (SSSR count). The van der Waals surface area contributed by atoms with E-state index in [1.165, 1.54) is 27.8 Å². The summed E-state index contributed by atoms with van der Waals surface area (Å²) in [6.45, 7) is 6.60. The minimum absolute atomic E-state index is 0.640. The van der Waals surface area contributed by atoms with E-state index in [1.807, 2.05) is 6.20 Å². The first-order valence-electron chi connectivity index (χ1n) is 8.25. The molecule has 0 fully saturated rings. The number of nitrogens with zero attached hydrogens (tertiary/aromatic N) is 1. The van der Waals surface area contributed by atoms with Crippen LogP contribution in [0, 0.1) is 12.8 Å². The van der Waals surface area contributed by atoms with E-state index >= 15 is 0 Å². The van der Waals surface area contributed by atoms with Crippen LogP contribution in [0.5, 0.6) is 0 Å². The maximum absolute atomic E-state index is 4.57. The fraction of sp³-hybridized carbons (Fsp3) is 0.227. The van der Waals surface area contributed by atoms with Gasteiger partial charge in [-0.05, 0) is 53.6 Å². The molecule has 0 unspecified atom stereocenters. The van der Waals surface area contributed by atoms with E-state index in [9.17, 15) is 0 Å². The first-order valence-corrected chi connectivity index (χ1v) is 8.25. The average molecular weight is 301 g/mol. The summed E-state index contributed by atoms with van der Waals surface area (Å²) in [6, 6.07) is 21.6. The first-order chi connectivity index (χ1) is 11.1. The fourth-order valence-corrected chi connectivity index (χ4v) is 2.88. The Morgan fingerprint density at radius 2 is 1.65 bits per heavy atom. The minimum Gasteiger partial charge on any atom is -0.256 e. The molecule has 0 N–H and O–H groups in total. The maximum Gasteiger partial charge on any atom is 0.0702 e. The Kier molecular flexibility index (Phi) is 4.57. The van der Waals surface area contributed by atoms with Gasteiger partial charge in [-0.25, -0.2) is 0 Å². The highest BCUT2D eigenvalue weighted by atomic mass is 14.7. The van der Waals surface area contributed by atoms with Crippen molar-refractivity contribution in [3.8, 4) is 22.4 Å². The number of aromatic nitrogens is 1. The molecule has 0 bridgehead atoms. The second-order valence-electron chi connectivity index (χ2n) is 6.56. The lowest BCUT2D eigenvalue weighted by Gasteiger charge is -2.14. The van der Waals surface area contributed by atoms with Crippen LogP contribution in [0.25, 0.3) is 22.4 Å². The highest BCUT2D eigenvalue weighted by Crippen LogP contribution is 2.30. The third-order valence-electron chi connectivity index (χ3n) is 4.03. The highest BCUT2D eigenvalue weighted by molar-refractivity contribution is 5.74. The summed E-state index contributed by atoms with van der Waals surface area (Å²) in [7, 11) is 0. The number of hydrogen-bond acceptors (Lipinski definition) is 1. The monoisotopic (exact) mass is 301 g/mol. The summed E-state index contributed by atoms with van der Waals surface area (Å²) >= 11 is 0. The summed E-state index contributed by atoms with van der Waals surface area (Å²) in [5, 5.41) is 0. The minimum atomic E-state index is 0.640. The molecule has 0 atom stereocenters. The molecule has 116 valence electrons. The SMILES string of the molecule is Cc1ccc(-c2ccc(CC(C)C)c(-c3ccccc3)c2)nc1. The van der Waals surface area contributed by atoms with Gasteiger partial charge in [-0.1, -0.05) is 62.4 Å². The van der Waals surface area contributed by atoms with Gasteiger partial charge < -0.3 is 0 Å². The zero-order valence-corrected chi connectivity index (χ0v) is 14.1. The van der Waals surface area contributed by atoms with Gasteiger partial charge in [0.15, 0.2) is 0 Å². The maximum atomic E-state index is 4.57. The van der Waals surface area contributed by atoms with Crippen LogP contribution in [0.15, 0.2) is 66.9 Å². The van der Waals surface area contributed by atoms with Crippen LogP contribution in [-0.2, 0) is 6.42 Å². The molecule has 0 saturated carbocycles. The molecular weight excluding hydrogens is 278 g/mol. The highest BCUT2D eigenvalue weighted by Gasteiger charge is 2.09. The zero-order chi connectivity index (χ0) is 16.2. The number of aryl methyl sites for hydroxylation is 1. The van der Waals surface area contributed by atoms with Gasteiger partial charge in [-0.3, -0.25) is 4.98 Å². The standard InChI is InChI=1S/C22H23N/c1-16(2)13-19-10-11-20(22-12-9-17(3)15-23-22)14-21(19)18-7-5-4-6-8-18/h4-12,14-16H,13H2,1-3H3. The van der Waals surface area contributed by atoms with Crippen molar-refractivity contribution in [3.05, 3.63) is 78.0 Å². The Hall–Kier alpha value is -2.41. The van der Waals surface area contributed by atoms with Crippen molar-refractivity contribution in [2.45, 2.75) is 27.2 Å². The van der Waals surface area contributed by atoms with Crippen LogP contribution < -0.4 is 0 Å². The van der Waals surface area contributed by atoms with Gasteiger partial charge in [0.05, 0.1) is 5.69 Å². The van der Waals surface area contributed by atoms with E-state index in [0.29, 0.717) is 5.92 Å². The Bertz CT molecular complexity index is 771. The summed E-state index contributed by atoms with van der Waals surface area (Å²) in [5.74, 6) is 0.640. The number of hydrogen-bond donors (Lipinski definition) is 0. The Morgan fingerprint density at radius 3 is 2.30 bits per heavy atom. The lowest BCUT2D eigenvalue weighted by atomic mass is 9.91. The van der Waals surface area contributed by atoms with Gasteiger partial charge in [0, 0.05) is 11.8 Å². The van der Waals surface area contributed by atoms with Crippen molar-refractivity contribution in [1.29, 1.82) is 0 Å². The van der Waals surface area contributed by atoms with Crippen molar-refractivity contribution < 1.29 is 0 Å². The first kappa shape index (κ1) is 15.5. The van der Waals surface area contributed by atoms with E-state index < -0.39 is 0 Å². The lowest BCUT2D eigenvalue weighted by molar-refractivity contribution is 0.648. The molecule has 0 amide bonds. The molecule has 0 aliphatic rings. The predicted molar refractivity (Wildman–Crippen MR) is 98.4 cm³/mol. The lowest BCUT2D eigenvalue weighted by Crippen LogP contribution is -1.98. The summed E-state index contributed by atoms with van der Waals surface area (Å²) in [5.41, 5.74) is 7.40. The van der Waals surface area contributed by atoms with Gasteiger partial charge in [0.25, 0.3) is 0 Å². The molecule has 23 heavy (non-hydrogen) atoms. The van der Waals surface area contributed by atoms with Crippen molar-refractivity contribution in [1.82, 2.24) is 4.98 Å². The van der Waals surface area contributed by atoms with E-state index in [4.69, 9.17) is 0 Å². The number of rotatable bonds is 4. The van der Waals surface area contributed by atoms with Gasteiger partial charge >= 0.3 is 0 Å². The van der Waals surface area contributed by atoms with Crippen LogP contribution in [-0.4, -0.2) is 4.98 Å². The Morgan fingerprint density at radius 1 is 0.870 bits per heavy atom. The number of pyridine rings is 1. The quantitative estimate of drug-likeness (QED) is 0.582. The van der Waals surface area contributed by atoms with Gasteiger partial charge in [-0.15, -0.1) is 0 Å². The molecule has 1 aromatic heterocycles. The number of benzene rings is 2. The Balaban J connectivity index is 2.09. The fourth-order valence-electron chi connectivity index (χ4n) is 2.88. The normalized spacial score (nSPS) is 11.0. The molecule has 0 saturated heterocycles. The van der Waals surface area contributed by atoms with Crippen LogP contribution in [0.4, 0.5) is 0 Å². The summed E-state index contributed by atoms with van der Waals surface area (Å²) in [6.07, 6.45) is 3.02. The van der Waals surface area contributed by atoms with Gasteiger partial charge in [0.1, 0.15) is 0 Å². The van der Waals surface area contributed by atoms with Crippen LogP contribution in [0.1, 0.15) is 25.0 Å². The molecule has 0 spiro atoms. The van der Waals surface area contributed by atoms with E-state index in [0.717, 1.165) is 12.1 Å². The second-order valence-corrected chi connectivity index (χ2v) is 6.56. The molecule has 1 nitrogen and oxygen atoms in total. The summed E-state index contributed by atoms with van der Waals surface area (Å²) < 4.78 is 0. The molecular formula is C22H23N. The summed E-state index contributed by atoms with van der Waals surface area (Å²) in [4.78, 5) is 4.57. The Labute approximate surface area is 139 Å². The zero-order valence-electron chi connectivity index (χ0n) is 14.1. The van der Waals surface area contributed by atoms with Crippen molar-refractivity contribution in [3.63, 3.8) is 0 Å². The molecule has 1 heteroatoms. The molecule has 0 radical (unpaired) electrons. The van der Waals surface area contributed by atoms with Crippen LogP contribution in [0.3, 0.4) is 0 Å². The van der Waals surface area contributed by atoms with Gasteiger partial charge in [0.2, 0.25) is 0 Å². The van der Waals surface area contributed by atoms with Gasteiger partial charge in [-0.2, -0.15) is 0 Å². The molecule has 0 aliphatic heterocycles. The van der Waals surface area contributed by atoms with Crippen molar-refractivity contribution in [2.24, 2.45) is 5.92 Å². The second kappa shape index (κ2) is 6.78.